The minimum Gasteiger partial charge on any atom is -0.496 e. The average Bonchev–Trinajstić information content (AvgIpc) is 2.38. The Morgan fingerprint density at radius 2 is 1.82 bits per heavy atom. The van der Waals surface area contributed by atoms with E-state index in [1.165, 1.54) is 0 Å². The normalized spacial score (nSPS) is 10.3. The molecule has 17 heavy (non-hydrogen) atoms. The van der Waals surface area contributed by atoms with Crippen LogP contribution in [0.3, 0.4) is 0 Å². The van der Waals surface area contributed by atoms with Crippen LogP contribution in [0, 0.1) is 6.92 Å². The quantitative estimate of drug-likeness (QED) is 0.874. The molecule has 0 saturated heterocycles. The summed E-state index contributed by atoms with van der Waals surface area (Å²) >= 11 is 0. The van der Waals surface area contributed by atoms with Crippen LogP contribution in [0.4, 0.5) is 0 Å². The number of hydrogen-bond acceptors (Lipinski definition) is 2. The lowest BCUT2D eigenvalue weighted by molar-refractivity contribution is 0.282. The first-order valence-corrected chi connectivity index (χ1v) is 5.59. The van der Waals surface area contributed by atoms with Gasteiger partial charge in [-0.2, -0.15) is 0 Å². The van der Waals surface area contributed by atoms with Crippen LogP contribution in [0.15, 0.2) is 42.5 Å². The van der Waals surface area contributed by atoms with Crippen LogP contribution in [-0.2, 0) is 6.61 Å². The molecule has 2 aromatic rings. The lowest BCUT2D eigenvalue weighted by Gasteiger charge is -2.08. The molecule has 0 saturated carbocycles. The predicted molar refractivity (Wildman–Crippen MR) is 69.1 cm³/mol. The van der Waals surface area contributed by atoms with Crippen molar-refractivity contribution in [1.82, 2.24) is 0 Å². The van der Waals surface area contributed by atoms with Crippen LogP contribution in [0.2, 0.25) is 0 Å². The summed E-state index contributed by atoms with van der Waals surface area (Å²) in [7, 11) is 1.67. The Balaban J connectivity index is 2.42. The fraction of sp³-hybridized carbons (Fsp3) is 0.200. The van der Waals surface area contributed by atoms with E-state index in [0.717, 1.165) is 28.0 Å². The molecule has 0 aliphatic carbocycles. The first-order valence-electron chi connectivity index (χ1n) is 5.59. The highest BCUT2D eigenvalue weighted by atomic mass is 16.5. The van der Waals surface area contributed by atoms with Gasteiger partial charge in [0.15, 0.2) is 0 Å². The second-order valence-corrected chi connectivity index (χ2v) is 4.04. The molecule has 1 N–H and O–H groups in total. The number of aliphatic hydroxyl groups is 1. The van der Waals surface area contributed by atoms with Gasteiger partial charge in [-0.1, -0.05) is 24.3 Å². The van der Waals surface area contributed by atoms with Crippen molar-refractivity contribution in [2.75, 3.05) is 7.11 Å². The smallest absolute Gasteiger partial charge is 0.121 e. The van der Waals surface area contributed by atoms with Crippen LogP contribution in [0.25, 0.3) is 11.1 Å². The van der Waals surface area contributed by atoms with E-state index in [0.29, 0.717) is 0 Å². The number of ether oxygens (including phenoxy) is 1. The van der Waals surface area contributed by atoms with Gasteiger partial charge in [0.05, 0.1) is 13.7 Å². The molecule has 0 unspecified atom stereocenters. The molecule has 0 fully saturated rings. The zero-order valence-electron chi connectivity index (χ0n) is 10.1. The molecular formula is C15H16O2. The van der Waals surface area contributed by atoms with Gasteiger partial charge >= 0.3 is 0 Å². The van der Waals surface area contributed by atoms with Gasteiger partial charge in [0.1, 0.15) is 5.75 Å². The van der Waals surface area contributed by atoms with E-state index < -0.39 is 0 Å². The van der Waals surface area contributed by atoms with Crippen molar-refractivity contribution in [1.29, 1.82) is 0 Å². The van der Waals surface area contributed by atoms with E-state index in [1.807, 2.05) is 43.3 Å². The first kappa shape index (κ1) is 11.7. The first-order chi connectivity index (χ1) is 8.24. The number of hydrogen-bond donors (Lipinski definition) is 1. The molecule has 0 spiro atoms. The third kappa shape index (κ3) is 2.48. The van der Waals surface area contributed by atoms with Gasteiger partial charge in [0, 0.05) is 0 Å². The average molecular weight is 228 g/mol. The number of benzene rings is 2. The number of aliphatic hydroxyl groups excluding tert-OH is 1. The molecule has 0 aliphatic heterocycles. The van der Waals surface area contributed by atoms with Gasteiger partial charge < -0.3 is 9.84 Å². The topological polar surface area (TPSA) is 29.5 Å². The van der Waals surface area contributed by atoms with E-state index in [1.54, 1.807) is 7.11 Å². The fourth-order valence-electron chi connectivity index (χ4n) is 1.91. The van der Waals surface area contributed by atoms with Crippen molar-refractivity contribution in [3.8, 4) is 16.9 Å². The van der Waals surface area contributed by atoms with Gasteiger partial charge in [0.2, 0.25) is 0 Å². The van der Waals surface area contributed by atoms with Crippen molar-refractivity contribution < 1.29 is 9.84 Å². The van der Waals surface area contributed by atoms with E-state index >= 15 is 0 Å². The largest absolute Gasteiger partial charge is 0.496 e. The van der Waals surface area contributed by atoms with E-state index in [9.17, 15) is 0 Å². The summed E-state index contributed by atoms with van der Waals surface area (Å²) in [5.74, 6) is 0.895. The summed E-state index contributed by atoms with van der Waals surface area (Å²) in [6.45, 7) is 2.10. The second-order valence-electron chi connectivity index (χ2n) is 4.04. The van der Waals surface area contributed by atoms with Gasteiger partial charge in [-0.25, -0.2) is 0 Å². The Kier molecular flexibility index (Phi) is 3.45. The lowest BCUT2D eigenvalue weighted by Crippen LogP contribution is -1.88. The maximum absolute atomic E-state index is 9.13. The molecule has 88 valence electrons. The van der Waals surface area contributed by atoms with Crippen LogP contribution < -0.4 is 4.74 Å². The van der Waals surface area contributed by atoms with E-state index in [4.69, 9.17) is 9.84 Å². The molecule has 0 aliphatic rings. The third-order valence-corrected chi connectivity index (χ3v) is 2.84. The van der Waals surface area contributed by atoms with Gasteiger partial charge in [-0.3, -0.25) is 0 Å². The lowest BCUT2D eigenvalue weighted by atomic mass is 10.0. The van der Waals surface area contributed by atoms with Crippen molar-refractivity contribution in [3.63, 3.8) is 0 Å². The maximum atomic E-state index is 9.13. The minimum atomic E-state index is 0.0724. The summed E-state index contributed by atoms with van der Waals surface area (Å²) in [4.78, 5) is 0. The molecule has 0 heterocycles. The highest BCUT2D eigenvalue weighted by Crippen LogP contribution is 2.26. The van der Waals surface area contributed by atoms with Crippen LogP contribution in [-0.4, -0.2) is 12.2 Å². The number of methoxy groups -OCH3 is 1. The molecular weight excluding hydrogens is 212 g/mol. The maximum Gasteiger partial charge on any atom is 0.121 e. The Morgan fingerprint density at radius 1 is 1.06 bits per heavy atom. The summed E-state index contributed by atoms with van der Waals surface area (Å²) in [6.07, 6.45) is 0. The summed E-state index contributed by atoms with van der Waals surface area (Å²) in [5, 5.41) is 9.13. The monoisotopic (exact) mass is 228 g/mol. The van der Waals surface area contributed by atoms with E-state index in [2.05, 4.69) is 6.07 Å². The third-order valence-electron chi connectivity index (χ3n) is 2.84. The zero-order chi connectivity index (χ0) is 12.3. The molecule has 2 nitrogen and oxygen atoms in total. The molecule has 0 aromatic heterocycles. The number of rotatable bonds is 3. The Labute approximate surface area is 101 Å². The van der Waals surface area contributed by atoms with Crippen molar-refractivity contribution >= 4 is 0 Å². The van der Waals surface area contributed by atoms with Crippen molar-refractivity contribution in [3.05, 3.63) is 53.6 Å². The fourth-order valence-corrected chi connectivity index (χ4v) is 1.91. The van der Waals surface area contributed by atoms with Crippen molar-refractivity contribution in [2.24, 2.45) is 0 Å². The van der Waals surface area contributed by atoms with Gasteiger partial charge in [0.25, 0.3) is 0 Å². The summed E-state index contributed by atoms with van der Waals surface area (Å²) in [6, 6.07) is 14.0. The predicted octanol–water partition coefficient (Wildman–Crippen LogP) is 3.16. The molecule has 0 radical (unpaired) electrons. The van der Waals surface area contributed by atoms with Crippen molar-refractivity contribution in [2.45, 2.75) is 13.5 Å². The summed E-state index contributed by atoms with van der Waals surface area (Å²) in [5.41, 5.74) is 4.29. The highest BCUT2D eigenvalue weighted by molar-refractivity contribution is 5.66. The van der Waals surface area contributed by atoms with Gasteiger partial charge in [-0.15, -0.1) is 0 Å². The van der Waals surface area contributed by atoms with E-state index in [-0.39, 0.29) is 6.61 Å². The second kappa shape index (κ2) is 5.02. The Morgan fingerprint density at radius 3 is 2.47 bits per heavy atom. The standard InChI is InChI=1S/C15H16O2/c1-11-8-14(6-7-15(11)17-2)13-5-3-4-12(9-13)10-16/h3-9,16H,10H2,1-2H3. The highest BCUT2D eigenvalue weighted by Gasteiger charge is 2.02. The van der Waals surface area contributed by atoms with Crippen LogP contribution in [0.1, 0.15) is 11.1 Å². The Bertz CT molecular complexity index is 518. The molecule has 0 amide bonds. The zero-order valence-corrected chi connectivity index (χ0v) is 10.1. The molecule has 0 atom stereocenters. The molecule has 2 heteroatoms. The minimum absolute atomic E-state index is 0.0724. The Hall–Kier alpha value is -1.80. The molecule has 0 bridgehead atoms. The molecule has 2 aromatic carbocycles. The SMILES string of the molecule is COc1ccc(-c2cccc(CO)c2)cc1C. The van der Waals surface area contributed by atoms with Crippen LogP contribution >= 0.6 is 0 Å². The summed E-state index contributed by atoms with van der Waals surface area (Å²) < 4.78 is 5.24. The van der Waals surface area contributed by atoms with Crippen LogP contribution in [0.5, 0.6) is 5.75 Å². The molecule has 2 rings (SSSR count). The number of aryl methyl sites for hydroxylation is 1. The van der Waals surface area contributed by atoms with Gasteiger partial charge in [-0.05, 0) is 47.4 Å².